The van der Waals surface area contributed by atoms with E-state index >= 15 is 0 Å². The SMILES string of the molecule is Cc1n[nH]c(=O)c(C(=O)NC(C)CCCC(=O)O)c1C. The van der Waals surface area contributed by atoms with Crippen LogP contribution in [0.3, 0.4) is 0 Å². The Labute approximate surface area is 116 Å². The summed E-state index contributed by atoms with van der Waals surface area (Å²) in [5.41, 5.74) is 0.670. The topological polar surface area (TPSA) is 112 Å². The van der Waals surface area contributed by atoms with Gasteiger partial charge < -0.3 is 10.4 Å². The van der Waals surface area contributed by atoms with Crippen LogP contribution in [0.15, 0.2) is 4.79 Å². The number of nitrogens with one attached hydrogen (secondary N) is 2. The predicted octanol–water partition coefficient (Wildman–Crippen LogP) is 0.760. The number of aliphatic carboxylic acids is 1. The lowest BCUT2D eigenvalue weighted by molar-refractivity contribution is -0.137. The predicted molar refractivity (Wildman–Crippen MR) is 72.7 cm³/mol. The van der Waals surface area contributed by atoms with Gasteiger partial charge in [0.25, 0.3) is 11.5 Å². The molecule has 0 fully saturated rings. The van der Waals surface area contributed by atoms with E-state index in [4.69, 9.17) is 5.11 Å². The molecule has 3 N–H and O–H groups in total. The van der Waals surface area contributed by atoms with E-state index in [-0.39, 0.29) is 18.0 Å². The molecule has 110 valence electrons. The summed E-state index contributed by atoms with van der Waals surface area (Å²) in [6, 6.07) is -0.200. The fourth-order valence-corrected chi connectivity index (χ4v) is 1.83. The zero-order valence-electron chi connectivity index (χ0n) is 11.8. The molecule has 1 aromatic heterocycles. The van der Waals surface area contributed by atoms with Crippen LogP contribution >= 0.6 is 0 Å². The van der Waals surface area contributed by atoms with Crippen LogP contribution in [0, 0.1) is 13.8 Å². The van der Waals surface area contributed by atoms with Crippen molar-refractivity contribution in [2.75, 3.05) is 0 Å². The average molecular weight is 281 g/mol. The Morgan fingerprint density at radius 2 is 2.05 bits per heavy atom. The highest BCUT2D eigenvalue weighted by Crippen LogP contribution is 2.06. The van der Waals surface area contributed by atoms with E-state index in [2.05, 4.69) is 15.5 Å². The van der Waals surface area contributed by atoms with Crippen molar-refractivity contribution in [3.8, 4) is 0 Å². The lowest BCUT2D eigenvalue weighted by Crippen LogP contribution is -2.37. The fraction of sp³-hybridized carbons (Fsp3) is 0.538. The summed E-state index contributed by atoms with van der Waals surface area (Å²) in [7, 11) is 0. The maximum absolute atomic E-state index is 12.1. The van der Waals surface area contributed by atoms with Crippen molar-refractivity contribution < 1.29 is 14.7 Å². The first-order chi connectivity index (χ1) is 9.32. The third kappa shape index (κ3) is 4.18. The first-order valence-corrected chi connectivity index (χ1v) is 6.41. The van der Waals surface area contributed by atoms with Crippen molar-refractivity contribution >= 4 is 11.9 Å². The standard InChI is InChI=1S/C13H19N3O4/c1-7(5-4-6-10(17)18)14-12(19)11-8(2)9(3)15-16-13(11)20/h7H,4-6H2,1-3H3,(H,14,19)(H,16,20)(H,17,18). The highest BCUT2D eigenvalue weighted by Gasteiger charge is 2.17. The van der Waals surface area contributed by atoms with Gasteiger partial charge in [-0.1, -0.05) is 0 Å². The number of nitrogens with zero attached hydrogens (tertiary/aromatic N) is 1. The number of carbonyl (C=O) groups is 2. The number of carboxylic acids is 1. The first-order valence-electron chi connectivity index (χ1n) is 6.41. The van der Waals surface area contributed by atoms with Gasteiger partial charge in [0.15, 0.2) is 0 Å². The minimum Gasteiger partial charge on any atom is -0.481 e. The molecule has 20 heavy (non-hydrogen) atoms. The van der Waals surface area contributed by atoms with Gasteiger partial charge in [-0.3, -0.25) is 14.4 Å². The smallest absolute Gasteiger partial charge is 0.303 e. The lowest BCUT2D eigenvalue weighted by Gasteiger charge is -2.14. The summed E-state index contributed by atoms with van der Waals surface area (Å²) in [6.07, 6.45) is 1.08. The van der Waals surface area contributed by atoms with Gasteiger partial charge in [0.1, 0.15) is 5.56 Å². The second kappa shape index (κ2) is 6.83. The summed E-state index contributed by atoms with van der Waals surface area (Å²) in [5.74, 6) is -1.32. The summed E-state index contributed by atoms with van der Waals surface area (Å²) < 4.78 is 0. The zero-order valence-corrected chi connectivity index (χ0v) is 11.8. The fourth-order valence-electron chi connectivity index (χ4n) is 1.83. The van der Waals surface area contributed by atoms with E-state index in [1.165, 1.54) is 0 Å². The zero-order chi connectivity index (χ0) is 15.3. The van der Waals surface area contributed by atoms with Crippen LogP contribution in [0.4, 0.5) is 0 Å². The number of amides is 1. The van der Waals surface area contributed by atoms with Gasteiger partial charge in [0, 0.05) is 12.5 Å². The van der Waals surface area contributed by atoms with E-state index in [1.807, 2.05) is 0 Å². The van der Waals surface area contributed by atoms with E-state index in [0.29, 0.717) is 24.1 Å². The third-order valence-electron chi connectivity index (χ3n) is 3.10. The minimum atomic E-state index is -0.861. The quantitative estimate of drug-likeness (QED) is 0.712. The molecule has 0 aliphatic rings. The molecule has 0 aliphatic heterocycles. The minimum absolute atomic E-state index is 0.0579. The molecule has 0 aliphatic carbocycles. The third-order valence-corrected chi connectivity index (χ3v) is 3.10. The summed E-state index contributed by atoms with van der Waals surface area (Å²) in [6.45, 7) is 5.15. The molecule has 0 radical (unpaired) electrons. The molecule has 1 aromatic rings. The Morgan fingerprint density at radius 3 is 2.65 bits per heavy atom. The number of H-pyrrole nitrogens is 1. The number of aromatic nitrogens is 2. The first kappa shape index (κ1) is 15.9. The number of hydrogen-bond donors (Lipinski definition) is 3. The molecule has 0 saturated heterocycles. The van der Waals surface area contributed by atoms with Gasteiger partial charge in [-0.05, 0) is 39.2 Å². The Kier molecular flexibility index (Phi) is 5.42. The highest BCUT2D eigenvalue weighted by atomic mass is 16.4. The van der Waals surface area contributed by atoms with Crippen LogP contribution in [0.25, 0.3) is 0 Å². The number of carboxylic acid groups (broad SMARTS) is 1. The van der Waals surface area contributed by atoms with Crippen molar-refractivity contribution in [2.24, 2.45) is 0 Å². The van der Waals surface area contributed by atoms with Crippen LogP contribution < -0.4 is 10.9 Å². The Balaban J connectivity index is 2.70. The van der Waals surface area contributed by atoms with Crippen molar-refractivity contribution in [1.82, 2.24) is 15.5 Å². The van der Waals surface area contributed by atoms with Gasteiger partial charge in [-0.25, -0.2) is 5.10 Å². The van der Waals surface area contributed by atoms with Crippen LogP contribution in [0.5, 0.6) is 0 Å². The van der Waals surface area contributed by atoms with Crippen LogP contribution in [-0.2, 0) is 4.79 Å². The second-order valence-electron chi connectivity index (χ2n) is 4.80. The molecule has 1 amide bonds. The van der Waals surface area contributed by atoms with Crippen LogP contribution in [-0.4, -0.2) is 33.2 Å². The van der Waals surface area contributed by atoms with Crippen LogP contribution in [0.1, 0.15) is 47.8 Å². The molecule has 1 heterocycles. The van der Waals surface area contributed by atoms with Crippen molar-refractivity contribution in [1.29, 1.82) is 0 Å². The van der Waals surface area contributed by atoms with Gasteiger partial charge in [-0.2, -0.15) is 5.10 Å². The molecule has 7 heteroatoms. The number of carbonyl (C=O) groups excluding carboxylic acids is 1. The molecule has 1 rings (SSSR count). The number of hydrogen-bond acceptors (Lipinski definition) is 4. The van der Waals surface area contributed by atoms with Gasteiger partial charge in [0.05, 0.1) is 5.69 Å². The molecule has 0 aromatic carbocycles. The molecule has 0 saturated carbocycles. The van der Waals surface area contributed by atoms with E-state index in [0.717, 1.165) is 0 Å². The maximum Gasteiger partial charge on any atom is 0.303 e. The van der Waals surface area contributed by atoms with E-state index < -0.39 is 17.4 Å². The van der Waals surface area contributed by atoms with Gasteiger partial charge >= 0.3 is 5.97 Å². The molecular weight excluding hydrogens is 262 g/mol. The van der Waals surface area contributed by atoms with Gasteiger partial charge in [0.2, 0.25) is 0 Å². The monoisotopic (exact) mass is 281 g/mol. The Morgan fingerprint density at radius 1 is 1.40 bits per heavy atom. The van der Waals surface area contributed by atoms with Crippen molar-refractivity contribution in [2.45, 2.75) is 46.1 Å². The summed E-state index contributed by atoms with van der Waals surface area (Å²) in [5, 5.41) is 17.3. The molecular formula is C13H19N3O4. The maximum atomic E-state index is 12.1. The van der Waals surface area contributed by atoms with Crippen molar-refractivity contribution in [3.63, 3.8) is 0 Å². The highest BCUT2D eigenvalue weighted by molar-refractivity contribution is 5.95. The number of aromatic amines is 1. The normalized spacial score (nSPS) is 11.9. The largest absolute Gasteiger partial charge is 0.481 e. The van der Waals surface area contributed by atoms with E-state index in [1.54, 1.807) is 20.8 Å². The number of rotatable bonds is 6. The van der Waals surface area contributed by atoms with Gasteiger partial charge in [-0.15, -0.1) is 0 Å². The second-order valence-corrected chi connectivity index (χ2v) is 4.80. The molecule has 7 nitrogen and oxygen atoms in total. The van der Waals surface area contributed by atoms with Crippen molar-refractivity contribution in [3.05, 3.63) is 27.2 Å². The molecule has 1 atom stereocenters. The summed E-state index contributed by atoms with van der Waals surface area (Å²) in [4.78, 5) is 34.1. The average Bonchev–Trinajstić information content (AvgIpc) is 2.33. The van der Waals surface area contributed by atoms with E-state index in [9.17, 15) is 14.4 Å². The Hall–Kier alpha value is -2.18. The van der Waals surface area contributed by atoms with Crippen LogP contribution in [0.2, 0.25) is 0 Å². The Bertz CT molecular complexity index is 565. The lowest BCUT2D eigenvalue weighted by atomic mass is 10.1. The molecule has 0 bridgehead atoms. The number of aryl methyl sites for hydroxylation is 1. The summed E-state index contributed by atoms with van der Waals surface area (Å²) >= 11 is 0. The molecule has 1 unspecified atom stereocenters. The molecule has 0 spiro atoms.